The SMILES string of the molecule is COc1cccc(CCC(=O)N(Cc2ccco2)c2ccc(C)cc2)c1. The van der Waals surface area contributed by atoms with Crippen LogP contribution in [0.3, 0.4) is 0 Å². The van der Waals surface area contributed by atoms with Gasteiger partial charge in [-0.25, -0.2) is 0 Å². The van der Waals surface area contributed by atoms with Crippen LogP contribution in [-0.2, 0) is 17.8 Å². The molecule has 134 valence electrons. The number of ether oxygens (including phenoxy) is 1. The average molecular weight is 349 g/mol. The van der Waals surface area contributed by atoms with Crippen LogP contribution in [0, 0.1) is 6.92 Å². The predicted octanol–water partition coefficient (Wildman–Crippen LogP) is 4.76. The molecule has 0 N–H and O–H groups in total. The minimum Gasteiger partial charge on any atom is -0.497 e. The number of carbonyl (C=O) groups is 1. The van der Waals surface area contributed by atoms with Gasteiger partial charge in [0.1, 0.15) is 11.5 Å². The first-order valence-corrected chi connectivity index (χ1v) is 8.68. The van der Waals surface area contributed by atoms with Crippen LogP contribution in [0.1, 0.15) is 23.3 Å². The highest BCUT2D eigenvalue weighted by molar-refractivity contribution is 5.93. The van der Waals surface area contributed by atoms with Crippen LogP contribution >= 0.6 is 0 Å². The first kappa shape index (κ1) is 17.8. The van der Waals surface area contributed by atoms with Gasteiger partial charge in [0.15, 0.2) is 0 Å². The molecule has 1 aromatic heterocycles. The zero-order valence-corrected chi connectivity index (χ0v) is 15.1. The molecular formula is C22H23NO3. The van der Waals surface area contributed by atoms with Crippen LogP contribution in [0.4, 0.5) is 5.69 Å². The van der Waals surface area contributed by atoms with E-state index in [0.29, 0.717) is 19.4 Å². The fraction of sp³-hybridized carbons (Fsp3) is 0.227. The maximum atomic E-state index is 12.9. The predicted molar refractivity (Wildman–Crippen MR) is 102 cm³/mol. The fourth-order valence-electron chi connectivity index (χ4n) is 2.82. The normalized spacial score (nSPS) is 10.5. The van der Waals surface area contributed by atoms with E-state index in [0.717, 1.165) is 28.3 Å². The van der Waals surface area contributed by atoms with Gasteiger partial charge >= 0.3 is 0 Å². The number of benzene rings is 2. The van der Waals surface area contributed by atoms with E-state index in [2.05, 4.69) is 0 Å². The second kappa shape index (κ2) is 8.39. The smallest absolute Gasteiger partial charge is 0.227 e. The Hall–Kier alpha value is -3.01. The van der Waals surface area contributed by atoms with E-state index in [9.17, 15) is 4.79 Å². The van der Waals surface area contributed by atoms with Crippen LogP contribution < -0.4 is 9.64 Å². The Kier molecular flexibility index (Phi) is 5.74. The van der Waals surface area contributed by atoms with Crippen molar-refractivity contribution in [2.45, 2.75) is 26.3 Å². The summed E-state index contributed by atoms with van der Waals surface area (Å²) in [5, 5.41) is 0. The van der Waals surface area contributed by atoms with Crippen molar-refractivity contribution in [3.63, 3.8) is 0 Å². The van der Waals surface area contributed by atoms with Crippen molar-refractivity contribution in [1.29, 1.82) is 0 Å². The number of furan rings is 1. The molecule has 4 nitrogen and oxygen atoms in total. The summed E-state index contributed by atoms with van der Waals surface area (Å²) in [7, 11) is 1.65. The first-order chi connectivity index (χ1) is 12.7. The summed E-state index contributed by atoms with van der Waals surface area (Å²) in [5.74, 6) is 1.63. The molecule has 0 unspecified atom stereocenters. The third-order valence-corrected chi connectivity index (χ3v) is 4.30. The minimum atomic E-state index is 0.0630. The topological polar surface area (TPSA) is 42.7 Å². The second-order valence-corrected chi connectivity index (χ2v) is 6.25. The van der Waals surface area contributed by atoms with Crippen LogP contribution in [0.5, 0.6) is 5.75 Å². The largest absolute Gasteiger partial charge is 0.497 e. The Morgan fingerprint density at radius 1 is 1.08 bits per heavy atom. The van der Waals surface area contributed by atoms with E-state index in [1.54, 1.807) is 18.3 Å². The molecule has 0 saturated carbocycles. The van der Waals surface area contributed by atoms with Gasteiger partial charge in [-0.15, -0.1) is 0 Å². The molecule has 0 aliphatic heterocycles. The van der Waals surface area contributed by atoms with Crippen LogP contribution in [0.2, 0.25) is 0 Å². The molecule has 0 fully saturated rings. The molecule has 1 amide bonds. The first-order valence-electron chi connectivity index (χ1n) is 8.68. The lowest BCUT2D eigenvalue weighted by atomic mass is 10.1. The van der Waals surface area contributed by atoms with Crippen LogP contribution in [0.15, 0.2) is 71.3 Å². The molecule has 1 heterocycles. The quantitative estimate of drug-likeness (QED) is 0.617. The fourth-order valence-corrected chi connectivity index (χ4v) is 2.82. The molecule has 2 aromatic carbocycles. The number of amides is 1. The number of hydrogen-bond acceptors (Lipinski definition) is 3. The van der Waals surface area contributed by atoms with Crippen LogP contribution in [0.25, 0.3) is 0 Å². The van der Waals surface area contributed by atoms with Gasteiger partial charge in [-0.3, -0.25) is 4.79 Å². The summed E-state index contributed by atoms with van der Waals surface area (Å²) in [6, 6.07) is 19.5. The van der Waals surface area contributed by atoms with Gasteiger partial charge in [-0.2, -0.15) is 0 Å². The average Bonchev–Trinajstić information content (AvgIpc) is 3.18. The third-order valence-electron chi connectivity index (χ3n) is 4.30. The summed E-state index contributed by atoms with van der Waals surface area (Å²) < 4.78 is 10.7. The Bertz CT molecular complexity index is 838. The zero-order valence-electron chi connectivity index (χ0n) is 15.1. The van der Waals surface area contributed by atoms with E-state index in [4.69, 9.17) is 9.15 Å². The summed E-state index contributed by atoms with van der Waals surface area (Å²) in [5.41, 5.74) is 3.12. The van der Waals surface area contributed by atoms with Crippen molar-refractivity contribution >= 4 is 11.6 Å². The van der Waals surface area contributed by atoms with Crippen molar-refractivity contribution in [2.24, 2.45) is 0 Å². The lowest BCUT2D eigenvalue weighted by molar-refractivity contribution is -0.118. The van der Waals surface area contributed by atoms with Crippen molar-refractivity contribution in [3.05, 3.63) is 83.8 Å². The van der Waals surface area contributed by atoms with Crippen LogP contribution in [-0.4, -0.2) is 13.0 Å². The molecule has 3 rings (SSSR count). The second-order valence-electron chi connectivity index (χ2n) is 6.25. The van der Waals surface area contributed by atoms with Gasteiger partial charge in [0.25, 0.3) is 0 Å². The van der Waals surface area contributed by atoms with Gasteiger partial charge in [-0.05, 0) is 55.3 Å². The van der Waals surface area contributed by atoms with E-state index in [1.807, 2.05) is 67.6 Å². The maximum Gasteiger partial charge on any atom is 0.227 e. The number of hydrogen-bond donors (Lipinski definition) is 0. The molecule has 0 bridgehead atoms. The van der Waals surface area contributed by atoms with Crippen molar-refractivity contribution in [3.8, 4) is 5.75 Å². The molecule has 0 aliphatic carbocycles. The number of methoxy groups -OCH3 is 1. The molecule has 0 spiro atoms. The van der Waals surface area contributed by atoms with Gasteiger partial charge in [0, 0.05) is 12.1 Å². The molecule has 0 aliphatic rings. The zero-order chi connectivity index (χ0) is 18.4. The van der Waals surface area contributed by atoms with E-state index in [-0.39, 0.29) is 5.91 Å². The Morgan fingerprint density at radius 3 is 2.58 bits per heavy atom. The monoisotopic (exact) mass is 349 g/mol. The van der Waals surface area contributed by atoms with Gasteiger partial charge in [0.2, 0.25) is 5.91 Å². The Balaban J connectivity index is 1.74. The Morgan fingerprint density at radius 2 is 1.88 bits per heavy atom. The van der Waals surface area contributed by atoms with Crippen molar-refractivity contribution in [2.75, 3.05) is 12.0 Å². The molecule has 0 saturated heterocycles. The highest BCUT2D eigenvalue weighted by atomic mass is 16.5. The molecule has 26 heavy (non-hydrogen) atoms. The lowest BCUT2D eigenvalue weighted by Crippen LogP contribution is -2.30. The highest BCUT2D eigenvalue weighted by Gasteiger charge is 2.17. The number of aryl methyl sites for hydroxylation is 2. The van der Waals surface area contributed by atoms with Gasteiger partial charge in [0.05, 0.1) is 19.9 Å². The number of nitrogens with zero attached hydrogens (tertiary/aromatic N) is 1. The number of carbonyl (C=O) groups excluding carboxylic acids is 1. The van der Waals surface area contributed by atoms with E-state index >= 15 is 0 Å². The van der Waals surface area contributed by atoms with Crippen molar-refractivity contribution < 1.29 is 13.9 Å². The number of rotatable bonds is 7. The van der Waals surface area contributed by atoms with Gasteiger partial charge in [-0.1, -0.05) is 29.8 Å². The van der Waals surface area contributed by atoms with E-state index in [1.165, 1.54) is 0 Å². The van der Waals surface area contributed by atoms with Gasteiger partial charge < -0.3 is 14.1 Å². The molecule has 4 heteroatoms. The molecule has 0 radical (unpaired) electrons. The molecule has 3 aromatic rings. The summed E-state index contributed by atoms with van der Waals surface area (Å²) in [6.45, 7) is 2.46. The Labute approximate surface area is 154 Å². The summed E-state index contributed by atoms with van der Waals surface area (Å²) >= 11 is 0. The minimum absolute atomic E-state index is 0.0630. The van der Waals surface area contributed by atoms with E-state index < -0.39 is 0 Å². The van der Waals surface area contributed by atoms with Crippen molar-refractivity contribution in [1.82, 2.24) is 0 Å². The molecular weight excluding hydrogens is 326 g/mol. The standard InChI is InChI=1S/C22H23NO3/c1-17-8-11-19(12-9-17)23(16-21-7-4-14-26-21)22(24)13-10-18-5-3-6-20(15-18)25-2/h3-9,11-12,14-15H,10,13,16H2,1-2H3. The summed E-state index contributed by atoms with van der Waals surface area (Å²) in [4.78, 5) is 14.7. The maximum absolute atomic E-state index is 12.9. The third kappa shape index (κ3) is 4.54. The number of anilines is 1. The molecule has 0 atom stereocenters. The highest BCUT2D eigenvalue weighted by Crippen LogP contribution is 2.21. The summed E-state index contributed by atoms with van der Waals surface area (Å²) in [6.07, 6.45) is 2.71. The lowest BCUT2D eigenvalue weighted by Gasteiger charge is -2.22.